The van der Waals surface area contributed by atoms with Gasteiger partial charge in [0.1, 0.15) is 0 Å². The van der Waals surface area contributed by atoms with Crippen LogP contribution in [-0.2, 0) is 0 Å². The fourth-order valence-corrected chi connectivity index (χ4v) is 6.08. The molecule has 0 spiro atoms. The minimum absolute atomic E-state index is 0.833. The van der Waals surface area contributed by atoms with E-state index in [1.165, 1.54) is 88.4 Å². The van der Waals surface area contributed by atoms with Crippen LogP contribution in [0.3, 0.4) is 0 Å². The summed E-state index contributed by atoms with van der Waals surface area (Å²) in [6, 6.07) is 33.5. The molecular formula is C44H60N6. The Morgan fingerprint density at radius 3 is 0.800 bits per heavy atom. The first-order valence-electron chi connectivity index (χ1n) is 19.4. The molecule has 0 saturated carbocycles. The van der Waals surface area contributed by atoms with Gasteiger partial charge in [-0.15, -0.1) is 0 Å². The van der Waals surface area contributed by atoms with Crippen molar-refractivity contribution in [1.29, 1.82) is 0 Å². The molecule has 4 rings (SSSR count). The maximum Gasteiger partial charge on any atom is 0.0858 e. The van der Waals surface area contributed by atoms with E-state index in [2.05, 4.69) is 131 Å². The van der Waals surface area contributed by atoms with E-state index in [9.17, 15) is 0 Å². The second-order valence-corrected chi connectivity index (χ2v) is 13.3. The first-order valence-corrected chi connectivity index (χ1v) is 19.4. The first-order chi connectivity index (χ1) is 24.6. The molecule has 0 saturated heterocycles. The van der Waals surface area contributed by atoms with Crippen molar-refractivity contribution in [2.75, 3.05) is 36.0 Å². The van der Waals surface area contributed by atoms with E-state index in [0.29, 0.717) is 0 Å². The summed E-state index contributed by atoms with van der Waals surface area (Å²) < 4.78 is 0. The number of azo groups is 2. The Kier molecular flexibility index (Phi) is 17.2. The molecule has 0 unspecified atom stereocenters. The van der Waals surface area contributed by atoms with Crippen LogP contribution in [0.25, 0.3) is 11.1 Å². The molecule has 0 N–H and O–H groups in total. The van der Waals surface area contributed by atoms with Gasteiger partial charge in [-0.3, -0.25) is 0 Å². The summed E-state index contributed by atoms with van der Waals surface area (Å²) in [5, 5.41) is 18.0. The number of nitrogens with zero attached hydrogens (tertiary/aromatic N) is 6. The van der Waals surface area contributed by atoms with E-state index in [1.807, 2.05) is 24.3 Å². The van der Waals surface area contributed by atoms with Crippen molar-refractivity contribution in [2.24, 2.45) is 20.5 Å². The van der Waals surface area contributed by atoms with Gasteiger partial charge in [-0.2, -0.15) is 20.5 Å². The monoisotopic (exact) mass is 672 g/mol. The standard InChI is InChI=1S/C44H60N6/c1-5-9-13-33-49(34-14-10-6-2)43-29-25-41(26-30-43)47-45-39-21-17-37(18-22-39)38-19-23-40(24-20-38)46-48-42-27-31-44(32-28-42)50(35-15-11-7-3)36-16-12-8-4/h17-32H,5-16,33-36H2,1-4H3. The van der Waals surface area contributed by atoms with Gasteiger partial charge in [0.25, 0.3) is 0 Å². The third-order valence-electron chi connectivity index (χ3n) is 9.19. The number of benzene rings is 4. The zero-order valence-electron chi connectivity index (χ0n) is 31.2. The average Bonchev–Trinajstić information content (AvgIpc) is 3.16. The van der Waals surface area contributed by atoms with Crippen molar-refractivity contribution in [3.8, 4) is 11.1 Å². The third-order valence-corrected chi connectivity index (χ3v) is 9.19. The second kappa shape index (κ2) is 22.4. The van der Waals surface area contributed by atoms with Crippen molar-refractivity contribution in [3.05, 3.63) is 97.1 Å². The molecular weight excluding hydrogens is 613 g/mol. The number of hydrogen-bond acceptors (Lipinski definition) is 6. The minimum atomic E-state index is 0.833. The molecule has 0 aromatic heterocycles. The van der Waals surface area contributed by atoms with Gasteiger partial charge >= 0.3 is 0 Å². The lowest BCUT2D eigenvalue weighted by molar-refractivity contribution is 0.636. The van der Waals surface area contributed by atoms with E-state index < -0.39 is 0 Å². The third kappa shape index (κ3) is 13.2. The molecule has 266 valence electrons. The molecule has 0 amide bonds. The Morgan fingerprint density at radius 2 is 0.560 bits per heavy atom. The van der Waals surface area contributed by atoms with Crippen LogP contribution in [0.5, 0.6) is 0 Å². The van der Waals surface area contributed by atoms with Gasteiger partial charge in [0.2, 0.25) is 0 Å². The van der Waals surface area contributed by atoms with E-state index in [-0.39, 0.29) is 0 Å². The Hall–Kier alpha value is -4.32. The van der Waals surface area contributed by atoms with Crippen LogP contribution in [0, 0.1) is 0 Å². The van der Waals surface area contributed by atoms with Gasteiger partial charge in [-0.25, -0.2) is 0 Å². The van der Waals surface area contributed by atoms with Gasteiger partial charge in [-0.1, -0.05) is 103 Å². The van der Waals surface area contributed by atoms with Crippen LogP contribution in [0.2, 0.25) is 0 Å². The lowest BCUT2D eigenvalue weighted by Gasteiger charge is -2.25. The number of anilines is 2. The van der Waals surface area contributed by atoms with Crippen molar-refractivity contribution >= 4 is 34.1 Å². The van der Waals surface area contributed by atoms with Crippen molar-refractivity contribution < 1.29 is 0 Å². The summed E-state index contributed by atoms with van der Waals surface area (Å²) in [6.07, 6.45) is 15.0. The van der Waals surface area contributed by atoms with Crippen LogP contribution in [0.4, 0.5) is 34.1 Å². The molecule has 0 radical (unpaired) electrons. The van der Waals surface area contributed by atoms with E-state index in [1.54, 1.807) is 0 Å². The van der Waals surface area contributed by atoms with Crippen molar-refractivity contribution in [2.45, 2.75) is 105 Å². The lowest BCUT2D eigenvalue weighted by atomic mass is 10.1. The highest BCUT2D eigenvalue weighted by Gasteiger charge is 2.08. The molecule has 0 aliphatic rings. The van der Waals surface area contributed by atoms with Crippen LogP contribution in [0.15, 0.2) is 118 Å². The van der Waals surface area contributed by atoms with E-state index in [4.69, 9.17) is 0 Å². The maximum absolute atomic E-state index is 4.51. The molecule has 6 nitrogen and oxygen atoms in total. The second-order valence-electron chi connectivity index (χ2n) is 13.3. The summed E-state index contributed by atoms with van der Waals surface area (Å²) in [7, 11) is 0. The average molecular weight is 673 g/mol. The van der Waals surface area contributed by atoms with Gasteiger partial charge in [0.05, 0.1) is 22.7 Å². The highest BCUT2D eigenvalue weighted by molar-refractivity contribution is 5.67. The maximum atomic E-state index is 4.51. The highest BCUT2D eigenvalue weighted by atomic mass is 15.1. The number of unbranched alkanes of at least 4 members (excludes halogenated alkanes) is 8. The zero-order valence-corrected chi connectivity index (χ0v) is 31.2. The molecule has 0 atom stereocenters. The molecule has 4 aromatic carbocycles. The van der Waals surface area contributed by atoms with Gasteiger partial charge < -0.3 is 9.80 Å². The number of rotatable bonds is 23. The van der Waals surface area contributed by atoms with Gasteiger partial charge in [-0.05, 0) is 110 Å². The predicted octanol–water partition coefficient (Wildman–Crippen LogP) is 14.6. The van der Waals surface area contributed by atoms with E-state index in [0.717, 1.165) is 60.1 Å². The smallest absolute Gasteiger partial charge is 0.0858 e. The number of hydrogen-bond donors (Lipinski definition) is 0. The molecule has 0 aliphatic heterocycles. The molecule has 4 aromatic rings. The van der Waals surface area contributed by atoms with E-state index >= 15 is 0 Å². The predicted molar refractivity (Wildman–Crippen MR) is 216 cm³/mol. The molecule has 0 heterocycles. The summed E-state index contributed by atoms with van der Waals surface area (Å²) in [5.74, 6) is 0. The molecule has 50 heavy (non-hydrogen) atoms. The summed E-state index contributed by atoms with van der Waals surface area (Å²) in [4.78, 5) is 5.05. The lowest BCUT2D eigenvalue weighted by Crippen LogP contribution is -2.25. The topological polar surface area (TPSA) is 55.9 Å². The van der Waals surface area contributed by atoms with Gasteiger partial charge in [0, 0.05) is 37.6 Å². The molecule has 6 heteroatoms. The normalized spacial score (nSPS) is 11.5. The largest absolute Gasteiger partial charge is 0.372 e. The highest BCUT2D eigenvalue weighted by Crippen LogP contribution is 2.28. The summed E-state index contributed by atoms with van der Waals surface area (Å²) in [5.41, 5.74) is 8.21. The zero-order chi connectivity index (χ0) is 35.2. The summed E-state index contributed by atoms with van der Waals surface area (Å²) >= 11 is 0. The molecule has 0 fully saturated rings. The van der Waals surface area contributed by atoms with Crippen molar-refractivity contribution in [3.63, 3.8) is 0 Å². The minimum Gasteiger partial charge on any atom is -0.372 e. The summed E-state index contributed by atoms with van der Waals surface area (Å²) in [6.45, 7) is 13.5. The van der Waals surface area contributed by atoms with Crippen LogP contribution >= 0.6 is 0 Å². The Bertz CT molecular complexity index is 1390. The van der Waals surface area contributed by atoms with Crippen molar-refractivity contribution in [1.82, 2.24) is 0 Å². The fourth-order valence-electron chi connectivity index (χ4n) is 6.08. The Balaban J connectivity index is 1.31. The fraction of sp³-hybridized carbons (Fsp3) is 0.455. The molecule has 0 aliphatic carbocycles. The van der Waals surface area contributed by atoms with Crippen LogP contribution < -0.4 is 9.80 Å². The van der Waals surface area contributed by atoms with Crippen LogP contribution in [-0.4, -0.2) is 26.2 Å². The Morgan fingerprint density at radius 1 is 0.320 bits per heavy atom. The Labute approximate surface area is 302 Å². The first kappa shape index (κ1) is 38.5. The van der Waals surface area contributed by atoms with Gasteiger partial charge in [0.15, 0.2) is 0 Å². The van der Waals surface area contributed by atoms with Crippen LogP contribution in [0.1, 0.15) is 105 Å². The SMILES string of the molecule is CCCCCN(CCCCC)c1ccc(N=Nc2ccc(-c3ccc(N=Nc4ccc(N(CCCCC)CCCCC)cc4)cc3)cc2)cc1. The molecule has 0 bridgehead atoms. The quantitative estimate of drug-likeness (QED) is 0.0581.